The fourth-order valence-electron chi connectivity index (χ4n) is 3.59. The highest BCUT2D eigenvalue weighted by molar-refractivity contribution is 5.94. The van der Waals surface area contributed by atoms with Gasteiger partial charge in [-0.15, -0.1) is 0 Å². The van der Waals surface area contributed by atoms with E-state index in [1.54, 1.807) is 7.05 Å². The van der Waals surface area contributed by atoms with Gasteiger partial charge in [0.25, 0.3) is 5.56 Å². The number of hydrogen-bond acceptors (Lipinski definition) is 4. The van der Waals surface area contributed by atoms with Crippen molar-refractivity contribution >= 4 is 17.1 Å². The molecule has 0 aliphatic rings. The first-order chi connectivity index (χ1) is 15.2. The summed E-state index contributed by atoms with van der Waals surface area (Å²) in [5, 5.41) is 0.522. The van der Waals surface area contributed by atoms with Crippen LogP contribution >= 0.6 is 0 Å². The first-order valence-corrected chi connectivity index (χ1v) is 10.4. The van der Waals surface area contributed by atoms with E-state index in [0.29, 0.717) is 17.6 Å². The molecule has 0 unspecified atom stereocenters. The number of nitrogens with zero attached hydrogens (tertiary/aromatic N) is 3. The highest BCUT2D eigenvalue weighted by Gasteiger charge is 2.20. The van der Waals surface area contributed by atoms with Crippen LogP contribution in [0.5, 0.6) is 0 Å². The Hall–Kier alpha value is -3.87. The highest BCUT2D eigenvalue weighted by Crippen LogP contribution is 2.30. The van der Waals surface area contributed by atoms with Crippen LogP contribution in [0.15, 0.2) is 71.9 Å². The smallest absolute Gasteiger partial charge is 0.410 e. The van der Waals surface area contributed by atoms with Crippen LogP contribution in [0.2, 0.25) is 0 Å². The minimum atomic E-state index is -0.555. The topological polar surface area (TPSA) is 80.2 Å². The standard InChI is InChI=1S/C25H26N4O3/c1-25(2,3)32-24(31)28(4)14-17-9-8-10-18(13-17)20-15-29(19-11-6-5-7-12-19)22-21(20)23(30)27-16-26-22/h5-13,15-16H,14H2,1-4H3,(H,26,27,30). The van der Waals surface area contributed by atoms with Crippen LogP contribution in [0.3, 0.4) is 0 Å². The first kappa shape index (κ1) is 21.4. The zero-order valence-corrected chi connectivity index (χ0v) is 18.6. The van der Waals surface area contributed by atoms with E-state index < -0.39 is 5.60 Å². The van der Waals surface area contributed by atoms with Gasteiger partial charge in [0.1, 0.15) is 5.60 Å². The number of para-hydroxylation sites is 1. The fourth-order valence-corrected chi connectivity index (χ4v) is 3.59. The molecule has 7 heteroatoms. The van der Waals surface area contributed by atoms with Gasteiger partial charge in [0.2, 0.25) is 0 Å². The molecule has 0 bridgehead atoms. The lowest BCUT2D eigenvalue weighted by Gasteiger charge is -2.24. The lowest BCUT2D eigenvalue weighted by atomic mass is 10.0. The van der Waals surface area contributed by atoms with E-state index in [-0.39, 0.29) is 11.7 Å². The number of carbonyl (C=O) groups is 1. The number of aromatic nitrogens is 3. The molecule has 32 heavy (non-hydrogen) atoms. The summed E-state index contributed by atoms with van der Waals surface area (Å²) in [6.07, 6.45) is 2.96. The average Bonchev–Trinajstić information content (AvgIpc) is 3.14. The molecule has 4 aromatic rings. The minimum Gasteiger partial charge on any atom is -0.444 e. The SMILES string of the molecule is CN(Cc1cccc(-c2cn(-c3ccccc3)c3nc[nH]c(=O)c23)c1)C(=O)OC(C)(C)C. The second-order valence-corrected chi connectivity index (χ2v) is 8.72. The van der Waals surface area contributed by atoms with Crippen molar-refractivity contribution in [2.75, 3.05) is 7.05 Å². The van der Waals surface area contributed by atoms with Crippen LogP contribution in [0.25, 0.3) is 27.8 Å². The van der Waals surface area contributed by atoms with Crippen molar-refractivity contribution in [3.63, 3.8) is 0 Å². The molecule has 0 radical (unpaired) electrons. The Morgan fingerprint density at radius 3 is 2.59 bits per heavy atom. The molecule has 1 N–H and O–H groups in total. The van der Waals surface area contributed by atoms with Crippen molar-refractivity contribution in [1.82, 2.24) is 19.4 Å². The maximum Gasteiger partial charge on any atom is 0.410 e. The molecule has 0 fully saturated rings. The quantitative estimate of drug-likeness (QED) is 0.507. The number of hydrogen-bond donors (Lipinski definition) is 1. The van der Waals surface area contributed by atoms with Crippen molar-refractivity contribution < 1.29 is 9.53 Å². The molecule has 0 saturated carbocycles. The molecular formula is C25H26N4O3. The second-order valence-electron chi connectivity index (χ2n) is 8.72. The Morgan fingerprint density at radius 2 is 1.88 bits per heavy atom. The predicted octanol–water partition coefficient (Wildman–Crippen LogP) is 4.75. The number of nitrogens with one attached hydrogen (secondary N) is 1. The summed E-state index contributed by atoms with van der Waals surface area (Å²) in [6.45, 7) is 5.91. The summed E-state index contributed by atoms with van der Waals surface area (Å²) >= 11 is 0. The fraction of sp³-hybridized carbons (Fsp3) is 0.240. The molecule has 164 valence electrons. The van der Waals surface area contributed by atoms with Crippen molar-refractivity contribution in [2.45, 2.75) is 32.9 Å². The van der Waals surface area contributed by atoms with Crippen molar-refractivity contribution in [3.05, 3.63) is 83.0 Å². The number of H-pyrrole nitrogens is 1. The molecule has 1 amide bonds. The molecule has 4 rings (SSSR count). The van der Waals surface area contributed by atoms with Crippen molar-refractivity contribution in [2.24, 2.45) is 0 Å². The molecule has 0 spiro atoms. The van der Waals surface area contributed by atoms with Gasteiger partial charge in [0, 0.05) is 31.0 Å². The zero-order valence-electron chi connectivity index (χ0n) is 18.6. The summed E-state index contributed by atoms with van der Waals surface area (Å²) < 4.78 is 7.36. The molecule has 2 aromatic carbocycles. The van der Waals surface area contributed by atoms with Crippen LogP contribution in [-0.4, -0.2) is 38.2 Å². The summed E-state index contributed by atoms with van der Waals surface area (Å²) in [7, 11) is 1.71. The number of carbonyl (C=O) groups excluding carboxylic acids is 1. The largest absolute Gasteiger partial charge is 0.444 e. The number of rotatable bonds is 4. The van der Waals surface area contributed by atoms with Crippen molar-refractivity contribution in [1.29, 1.82) is 0 Å². The highest BCUT2D eigenvalue weighted by atomic mass is 16.6. The maximum atomic E-state index is 12.7. The van der Waals surface area contributed by atoms with Crippen LogP contribution in [0, 0.1) is 0 Å². The molecule has 0 aliphatic carbocycles. The number of amides is 1. The molecule has 7 nitrogen and oxygen atoms in total. The number of benzene rings is 2. The summed E-state index contributed by atoms with van der Waals surface area (Å²) in [5.41, 5.74) is 3.33. The van der Waals surface area contributed by atoms with Crippen LogP contribution in [0.1, 0.15) is 26.3 Å². The molecule has 0 atom stereocenters. The van der Waals surface area contributed by atoms with Crippen LogP contribution in [-0.2, 0) is 11.3 Å². The molecule has 0 saturated heterocycles. The maximum absolute atomic E-state index is 12.7. The van der Waals surface area contributed by atoms with E-state index in [0.717, 1.165) is 22.4 Å². The van der Waals surface area contributed by atoms with Gasteiger partial charge in [0.05, 0.1) is 11.7 Å². The predicted molar refractivity (Wildman–Crippen MR) is 125 cm³/mol. The lowest BCUT2D eigenvalue weighted by molar-refractivity contribution is 0.0285. The third-order valence-electron chi connectivity index (χ3n) is 4.99. The van der Waals surface area contributed by atoms with Gasteiger partial charge in [-0.1, -0.05) is 36.4 Å². The molecule has 2 heterocycles. The number of fused-ring (bicyclic) bond motifs is 1. The summed E-state index contributed by atoms with van der Waals surface area (Å²) in [6, 6.07) is 17.6. The molecular weight excluding hydrogens is 404 g/mol. The molecule has 0 aliphatic heterocycles. The first-order valence-electron chi connectivity index (χ1n) is 10.4. The van der Waals surface area contributed by atoms with Crippen molar-refractivity contribution in [3.8, 4) is 16.8 Å². The number of aromatic amines is 1. The van der Waals surface area contributed by atoms with E-state index in [2.05, 4.69) is 9.97 Å². The van der Waals surface area contributed by atoms with Gasteiger partial charge >= 0.3 is 6.09 Å². The van der Waals surface area contributed by atoms with Crippen LogP contribution in [0.4, 0.5) is 4.79 Å². The van der Waals surface area contributed by atoms with E-state index >= 15 is 0 Å². The normalized spacial score (nSPS) is 11.5. The van der Waals surface area contributed by atoms with Gasteiger partial charge in [-0.2, -0.15) is 0 Å². The van der Waals surface area contributed by atoms with Gasteiger partial charge in [0.15, 0.2) is 5.65 Å². The number of ether oxygens (including phenoxy) is 1. The zero-order chi connectivity index (χ0) is 22.9. The Bertz CT molecular complexity index is 1320. The van der Waals surface area contributed by atoms with Gasteiger partial charge in [-0.25, -0.2) is 9.78 Å². The van der Waals surface area contributed by atoms with E-state index in [4.69, 9.17) is 4.74 Å². The van der Waals surface area contributed by atoms with E-state index in [1.165, 1.54) is 11.2 Å². The molecule has 2 aromatic heterocycles. The van der Waals surface area contributed by atoms with Crippen LogP contribution < -0.4 is 5.56 Å². The monoisotopic (exact) mass is 430 g/mol. The second kappa shape index (κ2) is 8.34. The lowest BCUT2D eigenvalue weighted by Crippen LogP contribution is -2.33. The Balaban J connectivity index is 1.73. The summed E-state index contributed by atoms with van der Waals surface area (Å²) in [5.74, 6) is 0. The summed E-state index contributed by atoms with van der Waals surface area (Å²) in [4.78, 5) is 33.7. The third kappa shape index (κ3) is 4.42. The van der Waals surface area contributed by atoms with Gasteiger partial charge < -0.3 is 19.2 Å². The van der Waals surface area contributed by atoms with E-state index in [1.807, 2.05) is 86.1 Å². The van der Waals surface area contributed by atoms with Gasteiger partial charge in [-0.05, 0) is 50.1 Å². The Labute approximate surface area is 186 Å². The average molecular weight is 431 g/mol. The van der Waals surface area contributed by atoms with Gasteiger partial charge in [-0.3, -0.25) is 4.79 Å². The Kier molecular flexibility index (Phi) is 5.57. The van der Waals surface area contributed by atoms with E-state index in [9.17, 15) is 9.59 Å². The third-order valence-corrected chi connectivity index (χ3v) is 4.99. The Morgan fingerprint density at radius 1 is 1.12 bits per heavy atom. The minimum absolute atomic E-state index is 0.198.